The molecule has 32 heavy (non-hydrogen) atoms. The first-order chi connectivity index (χ1) is 15.4. The van der Waals surface area contributed by atoms with E-state index in [1.807, 2.05) is 18.4 Å². The molecule has 0 atom stereocenters. The van der Waals surface area contributed by atoms with Gasteiger partial charge in [0.05, 0.1) is 18.6 Å². The summed E-state index contributed by atoms with van der Waals surface area (Å²) in [7, 11) is 0. The minimum Gasteiger partial charge on any atom is -0.462 e. The molecule has 9 heteroatoms. The molecule has 7 nitrogen and oxygen atoms in total. The van der Waals surface area contributed by atoms with Crippen molar-refractivity contribution >= 4 is 51.7 Å². The average molecular weight is 476 g/mol. The van der Waals surface area contributed by atoms with Crippen molar-refractivity contribution in [3.8, 4) is 0 Å². The fourth-order valence-corrected chi connectivity index (χ4v) is 5.13. The number of ketones is 1. The molecule has 0 saturated carbocycles. The van der Waals surface area contributed by atoms with Crippen molar-refractivity contribution in [1.82, 2.24) is 0 Å². The summed E-state index contributed by atoms with van der Waals surface area (Å²) in [6, 6.07) is 7.16. The van der Waals surface area contributed by atoms with E-state index in [0.29, 0.717) is 16.1 Å². The van der Waals surface area contributed by atoms with Crippen LogP contribution in [-0.4, -0.2) is 43.1 Å². The van der Waals surface area contributed by atoms with Gasteiger partial charge in [-0.05, 0) is 50.1 Å². The fourth-order valence-electron chi connectivity index (χ4n) is 3.43. The number of carbonyl (C=O) groups is 4. The number of nitrogens with one attached hydrogen (secondary N) is 1. The number of hydrogen-bond acceptors (Lipinski definition) is 8. The Bertz CT molecular complexity index is 1010. The number of amides is 1. The van der Waals surface area contributed by atoms with Crippen LogP contribution in [-0.2, 0) is 31.9 Å². The molecule has 0 aliphatic heterocycles. The summed E-state index contributed by atoms with van der Waals surface area (Å²) in [6.45, 7) is 1.49. The predicted octanol–water partition coefficient (Wildman–Crippen LogP) is 4.28. The van der Waals surface area contributed by atoms with E-state index in [9.17, 15) is 19.2 Å². The standard InChI is InChI=1S/C23H25NO6S2/c1-3-29-23(28)21-16-5-4-6-18(16)32-22(21)24-19(26)13-30-20(27)12-11-17(25)14-7-9-15(31-2)10-8-14/h7-10H,3-6,11-13H2,1-2H3,(H,24,26). The van der Waals surface area contributed by atoms with Crippen LogP contribution in [0, 0.1) is 0 Å². The van der Waals surface area contributed by atoms with Crippen LogP contribution in [0.5, 0.6) is 0 Å². The summed E-state index contributed by atoms with van der Waals surface area (Å²) in [5.41, 5.74) is 1.87. The van der Waals surface area contributed by atoms with Crippen LogP contribution in [0.3, 0.4) is 0 Å². The number of carbonyl (C=O) groups excluding carboxylic acids is 4. The number of thioether (sulfide) groups is 1. The van der Waals surface area contributed by atoms with Gasteiger partial charge in [0.15, 0.2) is 12.4 Å². The Morgan fingerprint density at radius 1 is 1.06 bits per heavy atom. The Hall–Kier alpha value is -2.65. The monoisotopic (exact) mass is 475 g/mol. The summed E-state index contributed by atoms with van der Waals surface area (Å²) < 4.78 is 10.1. The molecule has 1 heterocycles. The van der Waals surface area contributed by atoms with Gasteiger partial charge in [0.25, 0.3) is 5.91 Å². The Morgan fingerprint density at radius 3 is 2.50 bits per heavy atom. The van der Waals surface area contributed by atoms with Crippen LogP contribution < -0.4 is 5.32 Å². The second kappa shape index (κ2) is 11.3. The maximum atomic E-state index is 12.4. The molecule has 0 unspecified atom stereocenters. The van der Waals surface area contributed by atoms with Gasteiger partial charge in [-0.25, -0.2) is 4.79 Å². The number of thiophene rings is 1. The summed E-state index contributed by atoms with van der Waals surface area (Å²) in [6.07, 6.45) is 4.46. The van der Waals surface area contributed by atoms with E-state index >= 15 is 0 Å². The highest BCUT2D eigenvalue weighted by Gasteiger charge is 2.28. The van der Waals surface area contributed by atoms with Crippen molar-refractivity contribution < 1.29 is 28.7 Å². The topological polar surface area (TPSA) is 98.8 Å². The van der Waals surface area contributed by atoms with Gasteiger partial charge in [-0.3, -0.25) is 14.4 Å². The summed E-state index contributed by atoms with van der Waals surface area (Å²) >= 11 is 2.94. The molecular formula is C23H25NO6S2. The van der Waals surface area contributed by atoms with Crippen LogP contribution >= 0.6 is 23.1 Å². The first-order valence-electron chi connectivity index (χ1n) is 10.4. The van der Waals surface area contributed by atoms with Gasteiger partial charge < -0.3 is 14.8 Å². The highest BCUT2D eigenvalue weighted by Crippen LogP contribution is 2.39. The third kappa shape index (κ3) is 5.98. The van der Waals surface area contributed by atoms with Gasteiger partial charge in [-0.1, -0.05) is 12.1 Å². The van der Waals surface area contributed by atoms with Crippen LogP contribution in [0.15, 0.2) is 29.2 Å². The molecule has 1 aliphatic carbocycles. The van der Waals surface area contributed by atoms with Crippen molar-refractivity contribution in [2.45, 2.75) is 43.9 Å². The van der Waals surface area contributed by atoms with E-state index in [0.717, 1.165) is 34.6 Å². The number of Topliss-reactive ketones (excluding diaryl/α,β-unsaturated/α-hetero) is 1. The number of aryl methyl sites for hydroxylation is 1. The van der Waals surface area contributed by atoms with Gasteiger partial charge in [0.1, 0.15) is 5.00 Å². The lowest BCUT2D eigenvalue weighted by Crippen LogP contribution is -2.22. The van der Waals surface area contributed by atoms with E-state index in [1.165, 1.54) is 11.3 Å². The zero-order chi connectivity index (χ0) is 23.1. The third-order valence-electron chi connectivity index (χ3n) is 4.99. The molecule has 0 bridgehead atoms. The molecule has 0 radical (unpaired) electrons. The van der Waals surface area contributed by atoms with Gasteiger partial charge in [0, 0.05) is 21.8 Å². The van der Waals surface area contributed by atoms with Gasteiger partial charge in [-0.2, -0.15) is 0 Å². The highest BCUT2D eigenvalue weighted by molar-refractivity contribution is 7.98. The number of ether oxygens (including phenoxy) is 2. The van der Waals surface area contributed by atoms with E-state index in [2.05, 4.69) is 5.32 Å². The first kappa shape index (κ1) is 24.0. The van der Waals surface area contributed by atoms with E-state index in [1.54, 1.807) is 30.8 Å². The summed E-state index contributed by atoms with van der Waals surface area (Å²) in [4.78, 5) is 51.0. The van der Waals surface area contributed by atoms with Crippen molar-refractivity contribution in [1.29, 1.82) is 0 Å². The minimum absolute atomic E-state index is 0.00369. The SMILES string of the molecule is CCOC(=O)c1c(NC(=O)COC(=O)CCC(=O)c2ccc(SC)cc2)sc2c1CCC2. The number of hydrogen-bond donors (Lipinski definition) is 1. The number of benzene rings is 1. The van der Waals surface area contributed by atoms with Crippen LogP contribution in [0.2, 0.25) is 0 Å². The molecule has 0 spiro atoms. The first-order valence-corrected chi connectivity index (χ1v) is 12.4. The van der Waals surface area contributed by atoms with E-state index in [-0.39, 0.29) is 25.2 Å². The molecule has 1 amide bonds. The number of fused-ring (bicyclic) bond motifs is 1. The Balaban J connectivity index is 1.49. The number of esters is 2. The maximum absolute atomic E-state index is 12.4. The van der Waals surface area contributed by atoms with Gasteiger partial charge in [-0.15, -0.1) is 23.1 Å². The molecule has 3 rings (SSSR count). The second-order valence-corrected chi connectivity index (χ2v) is 9.13. The lowest BCUT2D eigenvalue weighted by molar-refractivity contribution is -0.147. The zero-order valence-corrected chi connectivity index (χ0v) is 19.7. The highest BCUT2D eigenvalue weighted by atomic mass is 32.2. The van der Waals surface area contributed by atoms with Crippen molar-refractivity contribution in [3.05, 3.63) is 45.8 Å². The quantitative estimate of drug-likeness (QED) is 0.311. The molecular weight excluding hydrogens is 450 g/mol. The Morgan fingerprint density at radius 2 is 1.81 bits per heavy atom. The van der Waals surface area contributed by atoms with E-state index in [4.69, 9.17) is 9.47 Å². The summed E-state index contributed by atoms with van der Waals surface area (Å²) in [5, 5.41) is 3.10. The summed E-state index contributed by atoms with van der Waals surface area (Å²) in [5.74, 6) is -1.79. The molecule has 170 valence electrons. The van der Waals surface area contributed by atoms with Gasteiger partial charge in [0.2, 0.25) is 0 Å². The average Bonchev–Trinajstić information content (AvgIpc) is 3.37. The Labute approximate surface area is 194 Å². The maximum Gasteiger partial charge on any atom is 0.341 e. The molecule has 0 fully saturated rings. The molecule has 2 aromatic rings. The van der Waals surface area contributed by atoms with Crippen molar-refractivity contribution in [3.63, 3.8) is 0 Å². The molecule has 1 aromatic carbocycles. The predicted molar refractivity (Wildman–Crippen MR) is 124 cm³/mol. The number of anilines is 1. The molecule has 1 aromatic heterocycles. The lowest BCUT2D eigenvalue weighted by Gasteiger charge is -2.08. The van der Waals surface area contributed by atoms with Crippen LogP contribution in [0.25, 0.3) is 0 Å². The number of rotatable bonds is 10. The van der Waals surface area contributed by atoms with Crippen LogP contribution in [0.4, 0.5) is 5.00 Å². The molecule has 1 aliphatic rings. The minimum atomic E-state index is -0.631. The third-order valence-corrected chi connectivity index (χ3v) is 6.94. The largest absolute Gasteiger partial charge is 0.462 e. The Kier molecular flexibility index (Phi) is 8.46. The normalized spacial score (nSPS) is 12.2. The van der Waals surface area contributed by atoms with Crippen molar-refractivity contribution in [2.24, 2.45) is 0 Å². The smallest absolute Gasteiger partial charge is 0.341 e. The van der Waals surface area contributed by atoms with Gasteiger partial charge >= 0.3 is 11.9 Å². The van der Waals surface area contributed by atoms with Crippen LogP contribution in [0.1, 0.15) is 57.3 Å². The molecule has 0 saturated heterocycles. The zero-order valence-electron chi connectivity index (χ0n) is 18.0. The molecule has 1 N–H and O–H groups in total. The van der Waals surface area contributed by atoms with Crippen molar-refractivity contribution in [2.75, 3.05) is 24.8 Å². The second-order valence-electron chi connectivity index (χ2n) is 7.14. The van der Waals surface area contributed by atoms with E-state index < -0.39 is 24.5 Å². The lowest BCUT2D eigenvalue weighted by atomic mass is 10.1. The fraction of sp³-hybridized carbons (Fsp3) is 0.391.